The summed E-state index contributed by atoms with van der Waals surface area (Å²) in [6, 6.07) is 0. The molecule has 20 heavy (non-hydrogen) atoms. The Bertz CT molecular complexity index is 574. The summed E-state index contributed by atoms with van der Waals surface area (Å²) in [5.74, 6) is 0.305. The van der Waals surface area contributed by atoms with Gasteiger partial charge in [-0.25, -0.2) is 4.63 Å². The van der Waals surface area contributed by atoms with Gasteiger partial charge in [0.1, 0.15) is 28.8 Å². The first kappa shape index (κ1) is 14.6. The summed E-state index contributed by atoms with van der Waals surface area (Å²) in [5, 5.41) is 36.3. The van der Waals surface area contributed by atoms with Crippen molar-refractivity contribution in [3.63, 3.8) is 0 Å². The van der Waals surface area contributed by atoms with Crippen LogP contribution in [0.15, 0.2) is 10.8 Å². The van der Waals surface area contributed by atoms with E-state index in [1.807, 2.05) is 13.8 Å². The lowest BCUT2D eigenvalue weighted by atomic mass is 9.89. The Morgan fingerprint density at radius 2 is 1.85 bits per heavy atom. The molecule has 2 rings (SSSR count). The minimum absolute atomic E-state index is 0.305. The number of nitrogens with zero attached hydrogens (tertiary/aromatic N) is 5. The SMILES string of the molecule is CCC(C)(O)c1nnn(-c2cnon2)c1C(C)(O)CC. The summed E-state index contributed by atoms with van der Waals surface area (Å²) in [6.07, 6.45) is 2.24. The Labute approximate surface area is 116 Å². The Balaban J connectivity index is 2.67. The topological polar surface area (TPSA) is 110 Å². The highest BCUT2D eigenvalue weighted by Crippen LogP contribution is 2.34. The molecule has 2 aromatic rings. The van der Waals surface area contributed by atoms with Gasteiger partial charge in [-0.15, -0.1) is 5.10 Å². The van der Waals surface area contributed by atoms with Crippen molar-refractivity contribution in [1.82, 2.24) is 25.3 Å². The molecule has 0 bridgehead atoms. The predicted molar refractivity (Wildman–Crippen MR) is 68.9 cm³/mol. The average molecular weight is 281 g/mol. The minimum Gasteiger partial charge on any atom is -0.384 e. The second-order valence-electron chi connectivity index (χ2n) is 5.22. The number of hydrogen-bond donors (Lipinski definition) is 2. The van der Waals surface area contributed by atoms with Crippen LogP contribution < -0.4 is 0 Å². The van der Waals surface area contributed by atoms with Gasteiger partial charge in [0.05, 0.1) is 0 Å². The van der Waals surface area contributed by atoms with Crippen LogP contribution in [0.3, 0.4) is 0 Å². The van der Waals surface area contributed by atoms with Crippen LogP contribution >= 0.6 is 0 Å². The van der Waals surface area contributed by atoms with E-state index < -0.39 is 11.2 Å². The number of aliphatic hydroxyl groups is 2. The molecule has 2 N–H and O–H groups in total. The third-order valence-corrected chi connectivity index (χ3v) is 3.63. The van der Waals surface area contributed by atoms with Crippen LogP contribution in [0.4, 0.5) is 0 Å². The zero-order chi connectivity index (χ0) is 15.0. The number of aromatic nitrogens is 5. The monoisotopic (exact) mass is 281 g/mol. The van der Waals surface area contributed by atoms with E-state index in [1.165, 1.54) is 10.9 Å². The smallest absolute Gasteiger partial charge is 0.219 e. The van der Waals surface area contributed by atoms with E-state index in [1.54, 1.807) is 13.8 Å². The Morgan fingerprint density at radius 1 is 1.20 bits per heavy atom. The van der Waals surface area contributed by atoms with Crippen molar-refractivity contribution >= 4 is 0 Å². The van der Waals surface area contributed by atoms with E-state index in [9.17, 15) is 10.2 Å². The second kappa shape index (κ2) is 4.95. The van der Waals surface area contributed by atoms with Crippen molar-refractivity contribution in [2.75, 3.05) is 0 Å². The molecule has 0 aliphatic heterocycles. The van der Waals surface area contributed by atoms with Gasteiger partial charge < -0.3 is 10.2 Å². The third kappa shape index (κ3) is 2.32. The van der Waals surface area contributed by atoms with Gasteiger partial charge in [-0.05, 0) is 31.8 Å². The van der Waals surface area contributed by atoms with Gasteiger partial charge in [-0.3, -0.25) is 0 Å². The number of hydrogen-bond acceptors (Lipinski definition) is 7. The fourth-order valence-electron chi connectivity index (χ4n) is 1.88. The van der Waals surface area contributed by atoms with E-state index in [0.29, 0.717) is 30.0 Å². The van der Waals surface area contributed by atoms with E-state index in [4.69, 9.17) is 0 Å². The average Bonchev–Trinajstić information content (AvgIpc) is 3.07. The first-order valence-corrected chi connectivity index (χ1v) is 6.52. The Hall–Kier alpha value is -1.80. The molecule has 2 heterocycles. The van der Waals surface area contributed by atoms with E-state index in [2.05, 4.69) is 25.3 Å². The molecule has 0 fully saturated rings. The normalized spacial score (nSPS) is 17.7. The first-order chi connectivity index (χ1) is 9.33. The highest BCUT2D eigenvalue weighted by molar-refractivity contribution is 5.29. The van der Waals surface area contributed by atoms with Gasteiger partial charge in [0.2, 0.25) is 5.82 Å². The number of rotatable bonds is 5. The maximum Gasteiger partial charge on any atom is 0.219 e. The molecular weight excluding hydrogens is 262 g/mol. The minimum atomic E-state index is -1.21. The van der Waals surface area contributed by atoms with Crippen LogP contribution in [-0.2, 0) is 11.2 Å². The van der Waals surface area contributed by atoms with E-state index in [0.717, 1.165) is 0 Å². The highest BCUT2D eigenvalue weighted by atomic mass is 16.6. The van der Waals surface area contributed by atoms with Crippen LogP contribution in [0.5, 0.6) is 0 Å². The summed E-state index contributed by atoms with van der Waals surface area (Å²) in [4.78, 5) is 0. The van der Waals surface area contributed by atoms with Gasteiger partial charge >= 0.3 is 0 Å². The lowest BCUT2D eigenvalue weighted by molar-refractivity contribution is 0.0211. The Morgan fingerprint density at radius 3 is 2.35 bits per heavy atom. The first-order valence-electron chi connectivity index (χ1n) is 6.52. The molecule has 0 aliphatic carbocycles. The molecule has 0 saturated carbocycles. The third-order valence-electron chi connectivity index (χ3n) is 3.63. The summed E-state index contributed by atoms with van der Waals surface area (Å²) in [7, 11) is 0. The van der Waals surface area contributed by atoms with Crippen molar-refractivity contribution in [3.8, 4) is 5.82 Å². The lowest BCUT2D eigenvalue weighted by Crippen LogP contribution is -2.31. The second-order valence-corrected chi connectivity index (χ2v) is 5.22. The molecule has 2 aromatic heterocycles. The Kier molecular flexibility index (Phi) is 3.61. The van der Waals surface area contributed by atoms with Crippen molar-refractivity contribution in [3.05, 3.63) is 17.6 Å². The van der Waals surface area contributed by atoms with Crippen molar-refractivity contribution in [1.29, 1.82) is 0 Å². The van der Waals surface area contributed by atoms with Gasteiger partial charge in [0.15, 0.2) is 0 Å². The zero-order valence-corrected chi connectivity index (χ0v) is 12.0. The quantitative estimate of drug-likeness (QED) is 0.837. The van der Waals surface area contributed by atoms with Crippen LogP contribution in [0.25, 0.3) is 5.82 Å². The van der Waals surface area contributed by atoms with Gasteiger partial charge in [-0.1, -0.05) is 24.2 Å². The summed E-state index contributed by atoms with van der Waals surface area (Å²) < 4.78 is 5.91. The largest absolute Gasteiger partial charge is 0.384 e. The summed E-state index contributed by atoms with van der Waals surface area (Å²) in [5.41, 5.74) is -1.68. The van der Waals surface area contributed by atoms with Gasteiger partial charge in [-0.2, -0.15) is 4.68 Å². The highest BCUT2D eigenvalue weighted by Gasteiger charge is 2.38. The molecule has 2 atom stereocenters. The van der Waals surface area contributed by atoms with E-state index >= 15 is 0 Å². The van der Waals surface area contributed by atoms with Crippen LogP contribution in [0.2, 0.25) is 0 Å². The lowest BCUT2D eigenvalue weighted by Gasteiger charge is -2.27. The van der Waals surface area contributed by atoms with Crippen molar-refractivity contribution < 1.29 is 14.8 Å². The molecule has 0 amide bonds. The molecule has 8 nitrogen and oxygen atoms in total. The van der Waals surface area contributed by atoms with Crippen LogP contribution in [-0.4, -0.2) is 35.5 Å². The van der Waals surface area contributed by atoms with Gasteiger partial charge in [0, 0.05) is 0 Å². The van der Waals surface area contributed by atoms with Gasteiger partial charge in [0.25, 0.3) is 0 Å². The molecule has 2 unspecified atom stereocenters. The van der Waals surface area contributed by atoms with E-state index in [-0.39, 0.29) is 0 Å². The molecular formula is C12H19N5O3. The fourth-order valence-corrected chi connectivity index (χ4v) is 1.88. The summed E-state index contributed by atoms with van der Waals surface area (Å²) >= 11 is 0. The van der Waals surface area contributed by atoms with Crippen molar-refractivity contribution in [2.24, 2.45) is 0 Å². The van der Waals surface area contributed by atoms with Crippen LogP contribution in [0, 0.1) is 0 Å². The zero-order valence-electron chi connectivity index (χ0n) is 12.0. The maximum atomic E-state index is 10.6. The van der Waals surface area contributed by atoms with Crippen molar-refractivity contribution in [2.45, 2.75) is 51.7 Å². The predicted octanol–water partition coefficient (Wildman–Crippen LogP) is 0.885. The molecule has 110 valence electrons. The fraction of sp³-hybridized carbons (Fsp3) is 0.667. The maximum absolute atomic E-state index is 10.6. The standard InChI is InChI=1S/C12H19N5O3/c1-5-11(3,18)9-10(12(4,19)6-2)17(16-14-9)8-7-13-20-15-8/h7,18-19H,5-6H2,1-4H3. The molecule has 8 heteroatoms. The van der Waals surface area contributed by atoms with Crippen LogP contribution in [0.1, 0.15) is 51.9 Å². The molecule has 0 spiro atoms. The molecule has 0 radical (unpaired) electrons. The summed E-state index contributed by atoms with van der Waals surface area (Å²) in [6.45, 7) is 6.95. The molecule has 0 saturated heterocycles. The molecule has 0 aliphatic rings. The molecule has 0 aromatic carbocycles.